The number of hydrogen-bond acceptors (Lipinski definition) is 4. The van der Waals surface area contributed by atoms with Gasteiger partial charge in [-0.1, -0.05) is 0 Å². The second-order valence-electron chi connectivity index (χ2n) is 3.63. The van der Waals surface area contributed by atoms with E-state index in [1.54, 1.807) is 19.1 Å². The first-order valence-corrected chi connectivity index (χ1v) is 5.79. The summed E-state index contributed by atoms with van der Waals surface area (Å²) in [6, 6.07) is 3.59. The highest BCUT2D eigenvalue weighted by Gasteiger charge is 2.02. The van der Waals surface area contributed by atoms with E-state index < -0.39 is 0 Å². The third-order valence-electron chi connectivity index (χ3n) is 2.09. The molecule has 0 spiro atoms. The van der Waals surface area contributed by atoms with Crippen LogP contribution in [0.15, 0.2) is 22.6 Å². The Balaban J connectivity index is 2.25. The van der Waals surface area contributed by atoms with Gasteiger partial charge in [0.05, 0.1) is 13.0 Å². The van der Waals surface area contributed by atoms with Gasteiger partial charge in [0.1, 0.15) is 11.5 Å². The number of carbonyl (C=O) groups excluding carboxylic acids is 2. The summed E-state index contributed by atoms with van der Waals surface area (Å²) in [4.78, 5) is 22.4. The molecule has 0 saturated carbocycles. The highest BCUT2D eigenvalue weighted by Crippen LogP contribution is 2.07. The molecule has 0 unspecified atom stereocenters. The number of amides is 1. The first-order chi connectivity index (χ1) is 8.61. The van der Waals surface area contributed by atoms with Crippen molar-refractivity contribution < 1.29 is 18.7 Å². The van der Waals surface area contributed by atoms with Crippen molar-refractivity contribution in [2.45, 2.75) is 20.3 Å². The standard InChI is InChI=1S/C13H17NO4/c1-3-17-13(16)8-9-14-12(15)7-6-11-5-4-10(2)18-11/h4-7H,3,8-9H2,1-2H3,(H,14,15)/b7-6+. The zero-order valence-corrected chi connectivity index (χ0v) is 10.6. The normalized spacial score (nSPS) is 10.6. The number of aryl methyl sites for hydroxylation is 1. The van der Waals surface area contributed by atoms with Crippen molar-refractivity contribution in [3.05, 3.63) is 29.7 Å². The Bertz CT molecular complexity index is 434. The molecule has 0 radical (unpaired) electrons. The number of furan rings is 1. The topological polar surface area (TPSA) is 68.5 Å². The van der Waals surface area contributed by atoms with Gasteiger partial charge < -0.3 is 14.5 Å². The van der Waals surface area contributed by atoms with E-state index in [1.165, 1.54) is 6.08 Å². The lowest BCUT2D eigenvalue weighted by Gasteiger charge is -2.02. The second-order valence-corrected chi connectivity index (χ2v) is 3.63. The van der Waals surface area contributed by atoms with E-state index in [-0.39, 0.29) is 24.8 Å². The summed E-state index contributed by atoms with van der Waals surface area (Å²) in [5, 5.41) is 2.58. The predicted molar refractivity (Wildman–Crippen MR) is 66.7 cm³/mol. The Labute approximate surface area is 106 Å². The Hall–Kier alpha value is -2.04. The first-order valence-electron chi connectivity index (χ1n) is 5.79. The van der Waals surface area contributed by atoms with Crippen molar-refractivity contribution in [2.75, 3.05) is 13.2 Å². The molecule has 0 bridgehead atoms. The molecule has 0 aromatic carbocycles. The molecule has 1 N–H and O–H groups in total. The summed E-state index contributed by atoms with van der Waals surface area (Å²) in [6.45, 7) is 4.19. The van der Waals surface area contributed by atoms with E-state index in [0.717, 1.165) is 5.76 Å². The van der Waals surface area contributed by atoms with Gasteiger partial charge in [-0.3, -0.25) is 9.59 Å². The van der Waals surface area contributed by atoms with Crippen molar-refractivity contribution >= 4 is 18.0 Å². The van der Waals surface area contributed by atoms with Crippen LogP contribution in [0.3, 0.4) is 0 Å². The van der Waals surface area contributed by atoms with Crippen molar-refractivity contribution in [1.29, 1.82) is 0 Å². The number of carbonyl (C=O) groups is 2. The fourth-order valence-corrected chi connectivity index (χ4v) is 1.28. The van der Waals surface area contributed by atoms with Crippen LogP contribution in [0.5, 0.6) is 0 Å². The van der Waals surface area contributed by atoms with Gasteiger partial charge in [-0.05, 0) is 32.1 Å². The van der Waals surface area contributed by atoms with Gasteiger partial charge in [0.15, 0.2) is 0 Å². The van der Waals surface area contributed by atoms with Gasteiger partial charge >= 0.3 is 5.97 Å². The first kappa shape index (κ1) is 14.0. The fraction of sp³-hybridized carbons (Fsp3) is 0.385. The number of esters is 1. The van der Waals surface area contributed by atoms with Gasteiger partial charge in [0.2, 0.25) is 5.91 Å². The summed E-state index contributed by atoms with van der Waals surface area (Å²) < 4.78 is 10.0. The molecule has 0 aliphatic heterocycles. The van der Waals surface area contributed by atoms with E-state index in [4.69, 9.17) is 9.15 Å². The zero-order valence-electron chi connectivity index (χ0n) is 10.6. The maximum Gasteiger partial charge on any atom is 0.307 e. The zero-order chi connectivity index (χ0) is 13.4. The molecule has 1 aromatic rings. The average molecular weight is 251 g/mol. The molecule has 0 saturated heterocycles. The summed E-state index contributed by atoms with van der Waals surface area (Å²) in [5.74, 6) is 0.821. The van der Waals surface area contributed by atoms with Crippen molar-refractivity contribution in [2.24, 2.45) is 0 Å². The largest absolute Gasteiger partial charge is 0.466 e. The van der Waals surface area contributed by atoms with Gasteiger partial charge in [0, 0.05) is 12.6 Å². The third kappa shape index (κ3) is 5.34. The maximum atomic E-state index is 11.4. The highest BCUT2D eigenvalue weighted by atomic mass is 16.5. The molecule has 5 heteroatoms. The predicted octanol–water partition coefficient (Wildman–Crippen LogP) is 1.67. The van der Waals surface area contributed by atoms with E-state index in [9.17, 15) is 9.59 Å². The molecule has 98 valence electrons. The Morgan fingerprint density at radius 2 is 2.22 bits per heavy atom. The second kappa shape index (κ2) is 7.32. The summed E-state index contributed by atoms with van der Waals surface area (Å²) in [5.41, 5.74) is 0. The van der Waals surface area contributed by atoms with Crippen LogP contribution in [0.25, 0.3) is 6.08 Å². The van der Waals surface area contributed by atoms with E-state index in [0.29, 0.717) is 12.4 Å². The molecule has 0 aliphatic rings. The van der Waals surface area contributed by atoms with Gasteiger partial charge in [-0.2, -0.15) is 0 Å². The molecule has 0 aliphatic carbocycles. The number of rotatable bonds is 6. The Morgan fingerprint density at radius 3 is 2.83 bits per heavy atom. The van der Waals surface area contributed by atoms with Crippen LogP contribution in [0, 0.1) is 6.92 Å². The van der Waals surface area contributed by atoms with Gasteiger partial charge in [-0.25, -0.2) is 0 Å². The monoisotopic (exact) mass is 251 g/mol. The molecule has 1 rings (SSSR count). The smallest absolute Gasteiger partial charge is 0.307 e. The molecular formula is C13H17NO4. The van der Waals surface area contributed by atoms with Crippen molar-refractivity contribution in [3.8, 4) is 0 Å². The maximum absolute atomic E-state index is 11.4. The van der Waals surface area contributed by atoms with E-state index >= 15 is 0 Å². The lowest BCUT2D eigenvalue weighted by molar-refractivity contribution is -0.142. The van der Waals surface area contributed by atoms with Crippen LogP contribution in [-0.4, -0.2) is 25.0 Å². The van der Waals surface area contributed by atoms with Gasteiger partial charge in [-0.15, -0.1) is 0 Å². The van der Waals surface area contributed by atoms with Crippen molar-refractivity contribution in [3.63, 3.8) is 0 Å². The molecule has 0 atom stereocenters. The Morgan fingerprint density at radius 1 is 1.44 bits per heavy atom. The highest BCUT2D eigenvalue weighted by molar-refractivity contribution is 5.91. The van der Waals surface area contributed by atoms with Crippen LogP contribution < -0.4 is 5.32 Å². The minimum atomic E-state index is -0.316. The number of hydrogen-bond donors (Lipinski definition) is 1. The molecule has 0 fully saturated rings. The number of ether oxygens (including phenoxy) is 1. The fourth-order valence-electron chi connectivity index (χ4n) is 1.28. The molecule has 18 heavy (non-hydrogen) atoms. The quantitative estimate of drug-likeness (QED) is 0.617. The number of nitrogens with one attached hydrogen (secondary N) is 1. The van der Waals surface area contributed by atoms with Crippen LogP contribution >= 0.6 is 0 Å². The third-order valence-corrected chi connectivity index (χ3v) is 2.09. The van der Waals surface area contributed by atoms with Crippen LogP contribution in [-0.2, 0) is 14.3 Å². The van der Waals surface area contributed by atoms with Crippen LogP contribution in [0.2, 0.25) is 0 Å². The molecule has 5 nitrogen and oxygen atoms in total. The van der Waals surface area contributed by atoms with Crippen LogP contribution in [0.1, 0.15) is 24.9 Å². The van der Waals surface area contributed by atoms with Crippen LogP contribution in [0.4, 0.5) is 0 Å². The van der Waals surface area contributed by atoms with E-state index in [2.05, 4.69) is 5.32 Å². The van der Waals surface area contributed by atoms with Gasteiger partial charge in [0.25, 0.3) is 0 Å². The summed E-state index contributed by atoms with van der Waals surface area (Å²) in [6.07, 6.45) is 3.11. The lowest BCUT2D eigenvalue weighted by Crippen LogP contribution is -2.24. The SMILES string of the molecule is CCOC(=O)CCNC(=O)/C=C/c1ccc(C)o1. The minimum Gasteiger partial charge on any atom is -0.466 e. The average Bonchev–Trinajstić information content (AvgIpc) is 2.73. The minimum absolute atomic E-state index is 0.174. The van der Waals surface area contributed by atoms with E-state index in [1.807, 2.05) is 13.0 Å². The molecule has 1 amide bonds. The molecular weight excluding hydrogens is 234 g/mol. The summed E-state index contributed by atoms with van der Waals surface area (Å²) >= 11 is 0. The Kier molecular flexibility index (Phi) is 5.70. The lowest BCUT2D eigenvalue weighted by atomic mass is 10.3. The molecule has 1 heterocycles. The summed E-state index contributed by atoms with van der Waals surface area (Å²) in [7, 11) is 0. The molecule has 1 aromatic heterocycles. The van der Waals surface area contributed by atoms with Crippen molar-refractivity contribution in [1.82, 2.24) is 5.32 Å².